The Kier molecular flexibility index (Phi) is 4.58. The molecule has 1 heterocycles. The second kappa shape index (κ2) is 6.18. The molecule has 4 heteroatoms. The van der Waals surface area contributed by atoms with Gasteiger partial charge in [-0.1, -0.05) is 28.1 Å². The molecule has 1 aromatic carbocycles. The lowest BCUT2D eigenvalue weighted by Crippen LogP contribution is -2.16. The van der Waals surface area contributed by atoms with Gasteiger partial charge in [-0.2, -0.15) is 0 Å². The van der Waals surface area contributed by atoms with Gasteiger partial charge in [0.05, 0.1) is 6.04 Å². The first-order chi connectivity index (χ1) is 8.74. The van der Waals surface area contributed by atoms with Crippen LogP contribution in [0.2, 0.25) is 0 Å². The van der Waals surface area contributed by atoms with Gasteiger partial charge >= 0.3 is 0 Å². The van der Waals surface area contributed by atoms with Crippen LogP contribution < -0.4 is 5.32 Å². The summed E-state index contributed by atoms with van der Waals surface area (Å²) in [6.07, 6.45) is 0. The van der Waals surface area contributed by atoms with E-state index in [0.717, 1.165) is 21.6 Å². The van der Waals surface area contributed by atoms with Crippen LogP contribution in [0.15, 0.2) is 45.3 Å². The van der Waals surface area contributed by atoms with Gasteiger partial charge in [0.2, 0.25) is 0 Å². The molecule has 0 aliphatic heterocycles. The molecular formula is C14H16BrNO2. The van der Waals surface area contributed by atoms with E-state index in [4.69, 9.17) is 9.15 Å². The second-order valence-corrected chi connectivity index (χ2v) is 4.93. The first-order valence-corrected chi connectivity index (χ1v) is 6.54. The molecule has 0 amide bonds. The molecule has 0 radical (unpaired) electrons. The lowest BCUT2D eigenvalue weighted by molar-refractivity contribution is 0.162. The third-order valence-corrected chi connectivity index (χ3v) is 3.22. The molecular weight excluding hydrogens is 294 g/mol. The number of nitrogens with one attached hydrogen (secondary N) is 1. The smallest absolute Gasteiger partial charge is 0.129 e. The molecule has 1 atom stereocenters. The topological polar surface area (TPSA) is 34.4 Å². The standard InChI is InChI=1S/C14H16BrNO2/c1-16-14(10-4-3-5-11(15)8-10)13-7-6-12(18-13)9-17-2/h3-8,14,16H,9H2,1-2H3. The summed E-state index contributed by atoms with van der Waals surface area (Å²) in [5, 5.41) is 3.26. The third-order valence-electron chi connectivity index (χ3n) is 2.72. The van der Waals surface area contributed by atoms with Crippen molar-refractivity contribution >= 4 is 15.9 Å². The molecule has 1 aromatic heterocycles. The molecule has 1 unspecified atom stereocenters. The number of ether oxygens (including phenoxy) is 1. The van der Waals surface area contributed by atoms with Crippen molar-refractivity contribution in [2.45, 2.75) is 12.6 Å². The molecule has 0 saturated carbocycles. The second-order valence-electron chi connectivity index (χ2n) is 4.01. The van der Waals surface area contributed by atoms with E-state index in [1.807, 2.05) is 31.3 Å². The highest BCUT2D eigenvalue weighted by atomic mass is 79.9. The summed E-state index contributed by atoms with van der Waals surface area (Å²) in [7, 11) is 3.58. The summed E-state index contributed by atoms with van der Waals surface area (Å²) in [5.74, 6) is 1.73. The summed E-state index contributed by atoms with van der Waals surface area (Å²) in [4.78, 5) is 0. The van der Waals surface area contributed by atoms with Crippen molar-refractivity contribution in [3.63, 3.8) is 0 Å². The van der Waals surface area contributed by atoms with Crippen LogP contribution in [-0.4, -0.2) is 14.2 Å². The minimum Gasteiger partial charge on any atom is -0.462 e. The summed E-state index contributed by atoms with van der Waals surface area (Å²) >= 11 is 3.48. The molecule has 0 bridgehead atoms. The Bertz CT molecular complexity index is 510. The van der Waals surface area contributed by atoms with Crippen LogP contribution in [0, 0.1) is 0 Å². The minimum atomic E-state index is 0.0492. The van der Waals surface area contributed by atoms with E-state index >= 15 is 0 Å². The number of hydrogen-bond donors (Lipinski definition) is 1. The van der Waals surface area contributed by atoms with E-state index in [0.29, 0.717) is 6.61 Å². The predicted octanol–water partition coefficient (Wildman–Crippen LogP) is 3.50. The normalized spacial score (nSPS) is 12.6. The third kappa shape index (κ3) is 3.02. The molecule has 0 spiro atoms. The first-order valence-electron chi connectivity index (χ1n) is 5.75. The van der Waals surface area contributed by atoms with E-state index in [1.54, 1.807) is 7.11 Å². The SMILES string of the molecule is CNC(c1cccc(Br)c1)c1ccc(COC)o1. The van der Waals surface area contributed by atoms with Crippen LogP contribution in [0.1, 0.15) is 23.1 Å². The van der Waals surface area contributed by atoms with E-state index < -0.39 is 0 Å². The number of benzene rings is 1. The van der Waals surface area contributed by atoms with Crippen LogP contribution in [-0.2, 0) is 11.3 Å². The van der Waals surface area contributed by atoms with Gasteiger partial charge in [0, 0.05) is 11.6 Å². The van der Waals surface area contributed by atoms with Crippen LogP contribution in [0.5, 0.6) is 0 Å². The maximum absolute atomic E-state index is 5.77. The Hall–Kier alpha value is -1.10. The molecule has 2 rings (SSSR count). The Morgan fingerprint density at radius 2 is 2.17 bits per heavy atom. The van der Waals surface area contributed by atoms with Gasteiger partial charge in [0.1, 0.15) is 18.1 Å². The maximum atomic E-state index is 5.77. The number of furan rings is 1. The highest BCUT2D eigenvalue weighted by Gasteiger charge is 2.16. The molecule has 0 fully saturated rings. The highest BCUT2D eigenvalue weighted by Crippen LogP contribution is 2.26. The van der Waals surface area contributed by atoms with Gasteiger partial charge in [0.15, 0.2) is 0 Å². The predicted molar refractivity (Wildman–Crippen MR) is 74.5 cm³/mol. The fourth-order valence-corrected chi connectivity index (χ4v) is 2.35. The molecule has 3 nitrogen and oxygen atoms in total. The summed E-state index contributed by atoms with van der Waals surface area (Å²) < 4.78 is 11.9. The van der Waals surface area contributed by atoms with Crippen molar-refractivity contribution in [1.82, 2.24) is 5.32 Å². The Balaban J connectivity index is 2.27. The lowest BCUT2D eigenvalue weighted by Gasteiger charge is -2.14. The summed E-state index contributed by atoms with van der Waals surface area (Å²) in [5.41, 5.74) is 1.16. The van der Waals surface area contributed by atoms with Gasteiger partial charge in [-0.25, -0.2) is 0 Å². The van der Waals surface area contributed by atoms with Crippen LogP contribution in [0.4, 0.5) is 0 Å². The van der Waals surface area contributed by atoms with Crippen LogP contribution in [0.3, 0.4) is 0 Å². The molecule has 0 saturated heterocycles. The lowest BCUT2D eigenvalue weighted by atomic mass is 10.1. The largest absolute Gasteiger partial charge is 0.462 e. The zero-order valence-electron chi connectivity index (χ0n) is 10.4. The minimum absolute atomic E-state index is 0.0492. The van der Waals surface area contributed by atoms with Crippen molar-refractivity contribution in [3.8, 4) is 0 Å². The number of rotatable bonds is 5. The molecule has 1 N–H and O–H groups in total. The molecule has 0 aliphatic carbocycles. The number of methoxy groups -OCH3 is 1. The van der Waals surface area contributed by atoms with E-state index in [9.17, 15) is 0 Å². The van der Waals surface area contributed by atoms with E-state index in [2.05, 4.69) is 33.4 Å². The van der Waals surface area contributed by atoms with Crippen molar-refractivity contribution < 1.29 is 9.15 Å². The fraction of sp³-hybridized carbons (Fsp3) is 0.286. The first kappa shape index (κ1) is 13.3. The number of halogens is 1. The Morgan fingerprint density at radius 3 is 2.83 bits per heavy atom. The van der Waals surface area contributed by atoms with Gasteiger partial charge in [-0.15, -0.1) is 0 Å². The van der Waals surface area contributed by atoms with Gasteiger partial charge < -0.3 is 14.5 Å². The van der Waals surface area contributed by atoms with Crippen molar-refractivity contribution in [2.75, 3.05) is 14.2 Å². The molecule has 96 valence electrons. The molecule has 0 aliphatic rings. The number of hydrogen-bond acceptors (Lipinski definition) is 3. The average molecular weight is 310 g/mol. The Labute approximate surface area is 115 Å². The quantitative estimate of drug-likeness (QED) is 0.918. The monoisotopic (exact) mass is 309 g/mol. The fourth-order valence-electron chi connectivity index (χ4n) is 1.93. The average Bonchev–Trinajstić information content (AvgIpc) is 2.79. The van der Waals surface area contributed by atoms with Crippen molar-refractivity contribution in [2.24, 2.45) is 0 Å². The molecule has 18 heavy (non-hydrogen) atoms. The summed E-state index contributed by atoms with van der Waals surface area (Å²) in [6, 6.07) is 12.2. The van der Waals surface area contributed by atoms with Crippen LogP contribution in [0.25, 0.3) is 0 Å². The Morgan fingerprint density at radius 1 is 1.33 bits per heavy atom. The van der Waals surface area contributed by atoms with Crippen molar-refractivity contribution in [3.05, 3.63) is 58.0 Å². The van der Waals surface area contributed by atoms with Gasteiger partial charge in [-0.3, -0.25) is 0 Å². The van der Waals surface area contributed by atoms with Gasteiger partial charge in [-0.05, 0) is 36.9 Å². The zero-order valence-corrected chi connectivity index (χ0v) is 12.0. The van der Waals surface area contributed by atoms with Crippen molar-refractivity contribution in [1.29, 1.82) is 0 Å². The van der Waals surface area contributed by atoms with E-state index in [1.165, 1.54) is 0 Å². The van der Waals surface area contributed by atoms with E-state index in [-0.39, 0.29) is 6.04 Å². The maximum Gasteiger partial charge on any atom is 0.129 e. The molecule has 2 aromatic rings. The summed E-state index contributed by atoms with van der Waals surface area (Å²) in [6.45, 7) is 0.495. The zero-order chi connectivity index (χ0) is 13.0. The highest BCUT2D eigenvalue weighted by molar-refractivity contribution is 9.10. The van der Waals surface area contributed by atoms with Gasteiger partial charge in [0.25, 0.3) is 0 Å². The van der Waals surface area contributed by atoms with Crippen LogP contribution >= 0.6 is 15.9 Å².